The maximum absolute atomic E-state index is 5.45. The zero-order valence-electron chi connectivity index (χ0n) is 11.3. The first-order valence-corrected chi connectivity index (χ1v) is 7.10. The summed E-state index contributed by atoms with van der Waals surface area (Å²) in [5, 5.41) is 3.71. The number of ether oxygens (including phenoxy) is 1. The molecule has 1 saturated carbocycles. The molecule has 1 rings (SSSR count). The number of rotatable bonds is 6. The summed E-state index contributed by atoms with van der Waals surface area (Å²) in [5.41, 5.74) is 0. The molecule has 0 aromatic heterocycles. The molecule has 1 N–H and O–H groups in total. The van der Waals surface area contributed by atoms with Gasteiger partial charge in [0.25, 0.3) is 0 Å². The average Bonchev–Trinajstić information content (AvgIpc) is 2.51. The molecule has 0 spiro atoms. The third kappa shape index (κ3) is 5.31. The monoisotopic (exact) mass is 227 g/mol. The molecule has 0 heterocycles. The van der Waals surface area contributed by atoms with Crippen LogP contribution in [-0.2, 0) is 4.74 Å². The Balaban J connectivity index is 2.21. The predicted octanol–water partition coefficient (Wildman–Crippen LogP) is 3.36. The number of nitrogens with one attached hydrogen (secondary N) is 1. The van der Waals surface area contributed by atoms with Crippen LogP contribution in [0.2, 0.25) is 0 Å². The van der Waals surface area contributed by atoms with Crippen molar-refractivity contribution in [3.8, 4) is 0 Å². The molecule has 3 unspecified atom stereocenters. The van der Waals surface area contributed by atoms with E-state index in [9.17, 15) is 0 Å². The molecule has 1 fully saturated rings. The number of hydrogen-bond acceptors (Lipinski definition) is 2. The van der Waals surface area contributed by atoms with Gasteiger partial charge in [0, 0.05) is 18.7 Å². The second kappa shape index (κ2) is 8.08. The lowest BCUT2D eigenvalue weighted by Crippen LogP contribution is -2.39. The number of hydrogen-bond donors (Lipinski definition) is 1. The van der Waals surface area contributed by atoms with E-state index in [1.165, 1.54) is 38.5 Å². The standard InChI is InChI=1S/C14H29NO/c1-4-13-7-6-8-14(10-9-13)15-12(3)11-16-5-2/h12-15H,4-11H2,1-3H3. The van der Waals surface area contributed by atoms with Gasteiger partial charge in [-0.15, -0.1) is 0 Å². The SMILES string of the molecule is CCOCC(C)NC1CCCC(CC)CC1. The fourth-order valence-electron chi connectivity index (χ4n) is 2.70. The van der Waals surface area contributed by atoms with Gasteiger partial charge >= 0.3 is 0 Å². The lowest BCUT2D eigenvalue weighted by Gasteiger charge is -2.22. The maximum atomic E-state index is 5.45. The van der Waals surface area contributed by atoms with Gasteiger partial charge < -0.3 is 10.1 Å². The van der Waals surface area contributed by atoms with E-state index in [0.29, 0.717) is 6.04 Å². The molecule has 0 saturated heterocycles. The van der Waals surface area contributed by atoms with Gasteiger partial charge in [0.1, 0.15) is 0 Å². The van der Waals surface area contributed by atoms with Crippen LogP contribution in [0, 0.1) is 5.92 Å². The van der Waals surface area contributed by atoms with Crippen molar-refractivity contribution < 1.29 is 4.74 Å². The Bertz CT molecular complexity index is 172. The fourth-order valence-corrected chi connectivity index (χ4v) is 2.70. The van der Waals surface area contributed by atoms with Gasteiger partial charge in [0.15, 0.2) is 0 Å². The zero-order chi connectivity index (χ0) is 11.8. The summed E-state index contributed by atoms with van der Waals surface area (Å²) in [5.74, 6) is 0.981. The molecule has 2 heteroatoms. The first-order chi connectivity index (χ1) is 7.76. The van der Waals surface area contributed by atoms with Gasteiger partial charge in [-0.05, 0) is 39.0 Å². The molecule has 0 radical (unpaired) electrons. The summed E-state index contributed by atoms with van der Waals surface area (Å²) in [6, 6.07) is 1.23. The molecule has 1 aliphatic rings. The third-order valence-electron chi connectivity index (χ3n) is 3.76. The lowest BCUT2D eigenvalue weighted by molar-refractivity contribution is 0.122. The smallest absolute Gasteiger partial charge is 0.0616 e. The van der Waals surface area contributed by atoms with E-state index in [-0.39, 0.29) is 0 Å². The summed E-state index contributed by atoms with van der Waals surface area (Å²) in [6.45, 7) is 8.30. The van der Waals surface area contributed by atoms with Crippen LogP contribution < -0.4 is 5.32 Å². The molecule has 0 aliphatic heterocycles. The second-order valence-corrected chi connectivity index (χ2v) is 5.21. The van der Waals surface area contributed by atoms with E-state index in [1.54, 1.807) is 0 Å². The molecule has 16 heavy (non-hydrogen) atoms. The molecule has 96 valence electrons. The van der Waals surface area contributed by atoms with E-state index >= 15 is 0 Å². The van der Waals surface area contributed by atoms with Crippen LogP contribution in [0.1, 0.15) is 59.3 Å². The van der Waals surface area contributed by atoms with Gasteiger partial charge in [-0.25, -0.2) is 0 Å². The summed E-state index contributed by atoms with van der Waals surface area (Å²) < 4.78 is 5.45. The van der Waals surface area contributed by atoms with E-state index in [0.717, 1.165) is 25.2 Å². The average molecular weight is 227 g/mol. The molecule has 2 nitrogen and oxygen atoms in total. The Kier molecular flexibility index (Phi) is 7.06. The van der Waals surface area contributed by atoms with Crippen molar-refractivity contribution in [1.29, 1.82) is 0 Å². The molecule has 0 aromatic carbocycles. The van der Waals surface area contributed by atoms with Crippen LogP contribution in [0.5, 0.6) is 0 Å². The van der Waals surface area contributed by atoms with Crippen LogP contribution in [0.15, 0.2) is 0 Å². The van der Waals surface area contributed by atoms with E-state index in [4.69, 9.17) is 4.74 Å². The maximum Gasteiger partial charge on any atom is 0.0616 e. The minimum Gasteiger partial charge on any atom is -0.380 e. The first-order valence-electron chi connectivity index (χ1n) is 7.10. The van der Waals surface area contributed by atoms with Gasteiger partial charge in [0.2, 0.25) is 0 Å². The highest BCUT2D eigenvalue weighted by molar-refractivity contribution is 4.76. The molecular weight excluding hydrogens is 198 g/mol. The first kappa shape index (κ1) is 14.0. The molecule has 1 aliphatic carbocycles. The highest BCUT2D eigenvalue weighted by Gasteiger charge is 2.18. The fraction of sp³-hybridized carbons (Fsp3) is 1.00. The van der Waals surface area contributed by atoms with Gasteiger partial charge in [-0.1, -0.05) is 26.2 Å². The molecular formula is C14H29NO. The van der Waals surface area contributed by atoms with Gasteiger partial charge in [0.05, 0.1) is 6.61 Å². The highest BCUT2D eigenvalue weighted by Crippen LogP contribution is 2.25. The van der Waals surface area contributed by atoms with Crippen molar-refractivity contribution in [1.82, 2.24) is 5.32 Å². The normalized spacial score (nSPS) is 28.7. The molecule has 3 atom stereocenters. The largest absolute Gasteiger partial charge is 0.380 e. The van der Waals surface area contributed by atoms with E-state index < -0.39 is 0 Å². The Morgan fingerprint density at radius 2 is 2.00 bits per heavy atom. The Hall–Kier alpha value is -0.0800. The molecule has 0 amide bonds. The highest BCUT2D eigenvalue weighted by atomic mass is 16.5. The topological polar surface area (TPSA) is 21.3 Å². The van der Waals surface area contributed by atoms with Gasteiger partial charge in [-0.3, -0.25) is 0 Å². The van der Waals surface area contributed by atoms with Crippen LogP contribution in [-0.4, -0.2) is 25.3 Å². The summed E-state index contributed by atoms with van der Waals surface area (Å²) in [7, 11) is 0. The summed E-state index contributed by atoms with van der Waals surface area (Å²) in [4.78, 5) is 0. The van der Waals surface area contributed by atoms with Crippen LogP contribution in [0.25, 0.3) is 0 Å². The second-order valence-electron chi connectivity index (χ2n) is 5.21. The van der Waals surface area contributed by atoms with Crippen molar-refractivity contribution in [2.24, 2.45) is 5.92 Å². The van der Waals surface area contributed by atoms with Crippen molar-refractivity contribution in [2.45, 2.75) is 71.4 Å². The Morgan fingerprint density at radius 3 is 2.69 bits per heavy atom. The Morgan fingerprint density at radius 1 is 1.19 bits per heavy atom. The van der Waals surface area contributed by atoms with Crippen molar-refractivity contribution >= 4 is 0 Å². The predicted molar refractivity (Wildman–Crippen MR) is 69.7 cm³/mol. The van der Waals surface area contributed by atoms with Crippen LogP contribution >= 0.6 is 0 Å². The molecule has 0 aromatic rings. The van der Waals surface area contributed by atoms with Crippen molar-refractivity contribution in [3.05, 3.63) is 0 Å². The van der Waals surface area contributed by atoms with Crippen molar-refractivity contribution in [3.63, 3.8) is 0 Å². The minimum atomic E-state index is 0.503. The van der Waals surface area contributed by atoms with Gasteiger partial charge in [-0.2, -0.15) is 0 Å². The summed E-state index contributed by atoms with van der Waals surface area (Å²) in [6.07, 6.45) is 8.32. The third-order valence-corrected chi connectivity index (χ3v) is 3.76. The van der Waals surface area contributed by atoms with Crippen LogP contribution in [0.4, 0.5) is 0 Å². The van der Waals surface area contributed by atoms with E-state index in [2.05, 4.69) is 26.1 Å². The summed E-state index contributed by atoms with van der Waals surface area (Å²) >= 11 is 0. The quantitative estimate of drug-likeness (QED) is 0.703. The zero-order valence-corrected chi connectivity index (χ0v) is 11.3. The molecule has 0 bridgehead atoms. The Labute approximate surface area is 101 Å². The van der Waals surface area contributed by atoms with Crippen molar-refractivity contribution in [2.75, 3.05) is 13.2 Å². The van der Waals surface area contributed by atoms with E-state index in [1.807, 2.05) is 0 Å². The van der Waals surface area contributed by atoms with Crippen LogP contribution in [0.3, 0.4) is 0 Å². The lowest BCUT2D eigenvalue weighted by atomic mass is 9.98. The minimum absolute atomic E-state index is 0.503.